The van der Waals surface area contributed by atoms with Crippen LogP contribution in [0, 0.1) is 12.8 Å². The molecule has 1 saturated heterocycles. The average Bonchev–Trinajstić information content (AvgIpc) is 3.01. The van der Waals surface area contributed by atoms with Crippen molar-refractivity contribution in [1.82, 2.24) is 5.32 Å². The molecular weight excluding hydrogens is 280 g/mol. The van der Waals surface area contributed by atoms with Crippen molar-refractivity contribution in [2.24, 2.45) is 5.92 Å². The van der Waals surface area contributed by atoms with Crippen molar-refractivity contribution in [2.75, 3.05) is 38.7 Å². The molecule has 22 heavy (non-hydrogen) atoms. The minimum absolute atomic E-state index is 0.0862. The minimum Gasteiger partial charge on any atom is -0.491 e. The smallest absolute Gasteiger partial charge is 0.224 e. The Morgan fingerprint density at radius 2 is 2.27 bits per heavy atom. The Bertz CT molecular complexity index is 485. The zero-order chi connectivity index (χ0) is 15.8. The summed E-state index contributed by atoms with van der Waals surface area (Å²) in [6.07, 6.45) is 2.72. The van der Waals surface area contributed by atoms with Crippen LogP contribution >= 0.6 is 0 Å². The third-order valence-electron chi connectivity index (χ3n) is 3.97. The number of aryl methyl sites for hydroxylation is 1. The second kappa shape index (κ2) is 8.76. The van der Waals surface area contributed by atoms with E-state index in [1.165, 1.54) is 6.42 Å². The molecule has 1 atom stereocenters. The van der Waals surface area contributed by atoms with Gasteiger partial charge >= 0.3 is 0 Å². The molecule has 2 N–H and O–H groups in total. The quantitative estimate of drug-likeness (QED) is 0.724. The summed E-state index contributed by atoms with van der Waals surface area (Å²) < 4.78 is 10.5. The Balaban J connectivity index is 1.79. The van der Waals surface area contributed by atoms with E-state index in [-0.39, 0.29) is 5.91 Å². The Labute approximate surface area is 132 Å². The summed E-state index contributed by atoms with van der Waals surface area (Å²) in [6.45, 7) is 5.18. The summed E-state index contributed by atoms with van der Waals surface area (Å²) in [7, 11) is 1.65. The highest BCUT2D eigenvalue weighted by Gasteiger charge is 2.16. The molecule has 0 bridgehead atoms. The molecule has 0 spiro atoms. The van der Waals surface area contributed by atoms with Gasteiger partial charge in [-0.15, -0.1) is 0 Å². The third kappa shape index (κ3) is 5.31. The first-order valence-electron chi connectivity index (χ1n) is 7.92. The van der Waals surface area contributed by atoms with Crippen LogP contribution in [0.2, 0.25) is 0 Å². The van der Waals surface area contributed by atoms with Gasteiger partial charge in [-0.3, -0.25) is 4.79 Å². The molecule has 0 aromatic heterocycles. The first-order valence-corrected chi connectivity index (χ1v) is 7.92. The minimum atomic E-state index is 0.0862. The largest absolute Gasteiger partial charge is 0.491 e. The van der Waals surface area contributed by atoms with Crippen LogP contribution in [0.25, 0.3) is 0 Å². The van der Waals surface area contributed by atoms with E-state index in [0.29, 0.717) is 25.6 Å². The number of hydrogen-bond acceptors (Lipinski definition) is 4. The lowest BCUT2D eigenvalue weighted by Gasteiger charge is -2.12. The van der Waals surface area contributed by atoms with E-state index in [1.807, 2.05) is 25.1 Å². The van der Waals surface area contributed by atoms with E-state index in [0.717, 1.165) is 36.5 Å². The number of hydrogen-bond donors (Lipinski definition) is 2. The molecule has 0 radical (unpaired) electrons. The highest BCUT2D eigenvalue weighted by atomic mass is 16.5. The zero-order valence-electron chi connectivity index (χ0n) is 13.5. The highest BCUT2D eigenvalue weighted by molar-refractivity contribution is 5.91. The van der Waals surface area contributed by atoms with Gasteiger partial charge in [-0.25, -0.2) is 0 Å². The Morgan fingerprint density at radius 3 is 2.95 bits per heavy atom. The van der Waals surface area contributed by atoms with Crippen LogP contribution in [0.3, 0.4) is 0 Å². The molecule has 1 aliphatic rings. The molecule has 0 saturated carbocycles. The Kier molecular flexibility index (Phi) is 6.68. The van der Waals surface area contributed by atoms with Gasteiger partial charge in [0.15, 0.2) is 0 Å². The normalized spacial score (nSPS) is 17.5. The predicted molar refractivity (Wildman–Crippen MR) is 87.4 cm³/mol. The number of rotatable bonds is 8. The molecule has 1 amide bonds. The van der Waals surface area contributed by atoms with Crippen LogP contribution in [-0.4, -0.2) is 39.3 Å². The van der Waals surface area contributed by atoms with Crippen molar-refractivity contribution in [3.63, 3.8) is 0 Å². The van der Waals surface area contributed by atoms with Crippen molar-refractivity contribution in [3.8, 4) is 5.75 Å². The van der Waals surface area contributed by atoms with Crippen LogP contribution in [0.4, 0.5) is 5.69 Å². The molecule has 1 aliphatic heterocycles. The molecule has 1 aromatic rings. The van der Waals surface area contributed by atoms with Gasteiger partial charge in [-0.2, -0.15) is 0 Å². The molecular formula is C17H26N2O3. The average molecular weight is 306 g/mol. The summed E-state index contributed by atoms with van der Waals surface area (Å²) in [5.74, 6) is 1.52. The molecule has 122 valence electrons. The lowest BCUT2D eigenvalue weighted by Crippen LogP contribution is -2.15. The van der Waals surface area contributed by atoms with Crippen molar-refractivity contribution < 1.29 is 14.3 Å². The van der Waals surface area contributed by atoms with Gasteiger partial charge in [-0.1, -0.05) is 0 Å². The number of ether oxygens (including phenoxy) is 2. The molecule has 1 aromatic carbocycles. The van der Waals surface area contributed by atoms with Gasteiger partial charge in [0.2, 0.25) is 5.91 Å². The second-order valence-electron chi connectivity index (χ2n) is 5.76. The summed E-state index contributed by atoms with van der Waals surface area (Å²) in [5.41, 5.74) is 1.86. The number of amides is 1. The molecule has 5 heteroatoms. The van der Waals surface area contributed by atoms with E-state index in [2.05, 4.69) is 10.6 Å². The fourth-order valence-corrected chi connectivity index (χ4v) is 2.62. The third-order valence-corrected chi connectivity index (χ3v) is 3.97. The van der Waals surface area contributed by atoms with Crippen molar-refractivity contribution in [1.29, 1.82) is 0 Å². The standard InChI is InChI=1S/C17H26N2O3/c1-13-11-15(22-10-9-21-2)4-5-16(13)19-17(20)6-3-14-7-8-18-12-14/h4-5,11,14,18H,3,6-10,12H2,1-2H3,(H,19,20). The van der Waals surface area contributed by atoms with Crippen LogP contribution in [0.15, 0.2) is 18.2 Å². The first-order chi connectivity index (χ1) is 10.7. The maximum Gasteiger partial charge on any atom is 0.224 e. The lowest BCUT2D eigenvalue weighted by molar-refractivity contribution is -0.116. The molecule has 1 heterocycles. The molecule has 2 rings (SSSR count). The van der Waals surface area contributed by atoms with Crippen LogP contribution < -0.4 is 15.4 Å². The number of benzene rings is 1. The van der Waals surface area contributed by atoms with E-state index in [1.54, 1.807) is 7.11 Å². The van der Waals surface area contributed by atoms with Gasteiger partial charge in [0, 0.05) is 19.2 Å². The number of carbonyl (C=O) groups excluding carboxylic acids is 1. The highest BCUT2D eigenvalue weighted by Crippen LogP contribution is 2.22. The van der Waals surface area contributed by atoms with E-state index < -0.39 is 0 Å². The van der Waals surface area contributed by atoms with Crippen LogP contribution in [0.5, 0.6) is 5.75 Å². The lowest BCUT2D eigenvalue weighted by atomic mass is 10.0. The van der Waals surface area contributed by atoms with E-state index in [4.69, 9.17) is 9.47 Å². The van der Waals surface area contributed by atoms with Gasteiger partial charge in [0.25, 0.3) is 0 Å². The SMILES string of the molecule is COCCOc1ccc(NC(=O)CCC2CCNC2)c(C)c1. The summed E-state index contributed by atoms with van der Waals surface area (Å²) in [5, 5.41) is 6.32. The van der Waals surface area contributed by atoms with E-state index in [9.17, 15) is 4.79 Å². The van der Waals surface area contributed by atoms with Crippen LogP contribution in [0.1, 0.15) is 24.8 Å². The monoisotopic (exact) mass is 306 g/mol. The maximum absolute atomic E-state index is 12.0. The summed E-state index contributed by atoms with van der Waals surface area (Å²) in [4.78, 5) is 12.0. The number of carbonyl (C=O) groups is 1. The van der Waals surface area contributed by atoms with Gasteiger partial charge < -0.3 is 20.1 Å². The second-order valence-corrected chi connectivity index (χ2v) is 5.76. The first kappa shape index (κ1) is 16.8. The van der Waals surface area contributed by atoms with Gasteiger partial charge in [0.05, 0.1) is 6.61 Å². The molecule has 0 aliphatic carbocycles. The van der Waals surface area contributed by atoms with Crippen LogP contribution in [-0.2, 0) is 9.53 Å². The Hall–Kier alpha value is -1.59. The number of methoxy groups -OCH3 is 1. The van der Waals surface area contributed by atoms with Crippen molar-refractivity contribution >= 4 is 11.6 Å². The van der Waals surface area contributed by atoms with Gasteiger partial charge in [-0.05, 0) is 62.5 Å². The van der Waals surface area contributed by atoms with Gasteiger partial charge in [0.1, 0.15) is 12.4 Å². The number of nitrogens with one attached hydrogen (secondary N) is 2. The fourth-order valence-electron chi connectivity index (χ4n) is 2.62. The summed E-state index contributed by atoms with van der Waals surface area (Å²) in [6, 6.07) is 5.71. The molecule has 1 unspecified atom stereocenters. The summed E-state index contributed by atoms with van der Waals surface area (Å²) >= 11 is 0. The topological polar surface area (TPSA) is 59.6 Å². The Morgan fingerprint density at radius 1 is 1.41 bits per heavy atom. The fraction of sp³-hybridized carbons (Fsp3) is 0.588. The molecule has 1 fully saturated rings. The molecule has 5 nitrogen and oxygen atoms in total. The van der Waals surface area contributed by atoms with Crippen molar-refractivity contribution in [2.45, 2.75) is 26.2 Å². The van der Waals surface area contributed by atoms with E-state index >= 15 is 0 Å². The predicted octanol–water partition coefficient (Wildman–Crippen LogP) is 2.35. The zero-order valence-corrected chi connectivity index (χ0v) is 13.5. The maximum atomic E-state index is 12.0. The number of anilines is 1. The van der Waals surface area contributed by atoms with Crippen molar-refractivity contribution in [3.05, 3.63) is 23.8 Å².